The Morgan fingerprint density at radius 1 is 1.46 bits per heavy atom. The summed E-state index contributed by atoms with van der Waals surface area (Å²) in [6.45, 7) is 3.85. The van der Waals surface area contributed by atoms with E-state index in [0.717, 1.165) is 12.1 Å². The molecule has 1 aromatic rings. The molecule has 0 aliphatic rings. The summed E-state index contributed by atoms with van der Waals surface area (Å²) in [6, 6.07) is 3.73. The van der Waals surface area contributed by atoms with Crippen molar-refractivity contribution in [2.24, 2.45) is 0 Å². The lowest BCUT2D eigenvalue weighted by atomic mass is 10.3. The minimum Gasteiger partial charge on any atom is -0.362 e. The zero-order valence-corrected chi connectivity index (χ0v) is 7.87. The molecule has 1 rings (SSSR count). The molecule has 0 aliphatic heterocycles. The summed E-state index contributed by atoms with van der Waals surface area (Å²) >= 11 is 0. The van der Waals surface area contributed by atoms with E-state index < -0.39 is 0 Å². The van der Waals surface area contributed by atoms with Crippen molar-refractivity contribution in [3.63, 3.8) is 0 Å². The van der Waals surface area contributed by atoms with Gasteiger partial charge in [0.05, 0.1) is 12.2 Å². The lowest BCUT2D eigenvalue weighted by molar-refractivity contribution is -0.115. The van der Waals surface area contributed by atoms with Gasteiger partial charge in [-0.15, -0.1) is 5.10 Å². The Morgan fingerprint density at radius 2 is 2.23 bits per heavy atom. The Hall–Kier alpha value is -1.45. The van der Waals surface area contributed by atoms with Gasteiger partial charge >= 0.3 is 0 Å². The fourth-order valence-corrected chi connectivity index (χ4v) is 0.858. The van der Waals surface area contributed by atoms with Gasteiger partial charge in [-0.05, 0) is 25.5 Å². The van der Waals surface area contributed by atoms with Crippen LogP contribution in [-0.2, 0) is 11.2 Å². The number of Topliss-reactive ketones (excluding diaryl/α,β-unsaturated/α-hetero) is 1. The number of carbonyl (C=O) groups is 1. The van der Waals surface area contributed by atoms with Gasteiger partial charge in [0.15, 0.2) is 0 Å². The van der Waals surface area contributed by atoms with E-state index in [9.17, 15) is 4.79 Å². The summed E-state index contributed by atoms with van der Waals surface area (Å²) in [5.41, 5.74) is 0.952. The monoisotopic (exact) mass is 179 g/mol. The Balaban J connectivity index is 2.54. The number of nitrogens with one attached hydrogen (secondary N) is 1. The normalized spacial score (nSPS) is 9.69. The summed E-state index contributed by atoms with van der Waals surface area (Å²) in [7, 11) is 0. The summed E-state index contributed by atoms with van der Waals surface area (Å²) in [5, 5.41) is 10.7. The number of rotatable bonds is 4. The van der Waals surface area contributed by atoms with Crippen LogP contribution in [0.1, 0.15) is 19.5 Å². The molecule has 1 N–H and O–H groups in total. The molecule has 1 heterocycles. The van der Waals surface area contributed by atoms with E-state index >= 15 is 0 Å². The van der Waals surface area contributed by atoms with Gasteiger partial charge in [0.25, 0.3) is 0 Å². The van der Waals surface area contributed by atoms with Crippen molar-refractivity contribution < 1.29 is 4.79 Å². The molecule has 70 valence electrons. The molecule has 4 nitrogen and oxygen atoms in total. The van der Waals surface area contributed by atoms with Crippen LogP contribution in [0.5, 0.6) is 0 Å². The first-order chi connectivity index (χ1) is 6.22. The van der Waals surface area contributed by atoms with Crippen molar-refractivity contribution in [2.75, 3.05) is 11.9 Å². The lowest BCUT2D eigenvalue weighted by Crippen LogP contribution is -2.11. The van der Waals surface area contributed by atoms with E-state index in [0.29, 0.717) is 12.4 Å². The molecule has 0 aromatic carbocycles. The van der Waals surface area contributed by atoms with Gasteiger partial charge in [0.1, 0.15) is 11.6 Å². The molecule has 13 heavy (non-hydrogen) atoms. The standard InChI is InChI=1S/C9H13N3O/c1-3-8-4-5-9(12-11-8)10-6-7(2)13/h4-5H,3,6H2,1-2H3,(H,10,12). The minimum absolute atomic E-state index is 0.0846. The predicted octanol–water partition coefficient (Wildman–Crippen LogP) is 1.04. The average molecular weight is 179 g/mol. The Kier molecular flexibility index (Phi) is 3.37. The number of aromatic nitrogens is 2. The first kappa shape index (κ1) is 9.64. The van der Waals surface area contributed by atoms with Crippen LogP contribution in [-0.4, -0.2) is 22.5 Å². The number of hydrogen-bond donors (Lipinski definition) is 1. The van der Waals surface area contributed by atoms with E-state index in [4.69, 9.17) is 0 Å². The second kappa shape index (κ2) is 4.54. The van der Waals surface area contributed by atoms with Crippen molar-refractivity contribution in [1.82, 2.24) is 10.2 Å². The molecule has 0 bridgehead atoms. The molecule has 0 amide bonds. The maximum atomic E-state index is 10.6. The third-order valence-corrected chi connectivity index (χ3v) is 1.60. The smallest absolute Gasteiger partial charge is 0.149 e. The second-order valence-corrected chi connectivity index (χ2v) is 2.82. The first-order valence-electron chi connectivity index (χ1n) is 4.28. The SMILES string of the molecule is CCc1ccc(NCC(C)=O)nn1. The molecular weight excluding hydrogens is 166 g/mol. The highest BCUT2D eigenvalue weighted by molar-refractivity contribution is 5.79. The van der Waals surface area contributed by atoms with Crippen molar-refractivity contribution in [2.45, 2.75) is 20.3 Å². The molecule has 0 saturated heterocycles. The van der Waals surface area contributed by atoms with Gasteiger partial charge in [0, 0.05) is 0 Å². The summed E-state index contributed by atoms with van der Waals surface area (Å²) in [5.74, 6) is 0.730. The highest BCUT2D eigenvalue weighted by atomic mass is 16.1. The molecule has 0 radical (unpaired) electrons. The maximum Gasteiger partial charge on any atom is 0.149 e. The van der Waals surface area contributed by atoms with Gasteiger partial charge < -0.3 is 5.32 Å². The average Bonchev–Trinajstić information content (AvgIpc) is 2.15. The Labute approximate surface area is 77.4 Å². The van der Waals surface area contributed by atoms with E-state index in [1.165, 1.54) is 6.92 Å². The third-order valence-electron chi connectivity index (χ3n) is 1.60. The lowest BCUT2D eigenvalue weighted by Gasteiger charge is -2.01. The summed E-state index contributed by atoms with van der Waals surface area (Å²) < 4.78 is 0. The van der Waals surface area contributed by atoms with Gasteiger partial charge in [-0.1, -0.05) is 6.92 Å². The van der Waals surface area contributed by atoms with E-state index in [-0.39, 0.29) is 5.78 Å². The van der Waals surface area contributed by atoms with Crippen LogP contribution in [0.15, 0.2) is 12.1 Å². The third kappa shape index (κ3) is 3.19. The van der Waals surface area contributed by atoms with Gasteiger partial charge in [-0.2, -0.15) is 5.10 Å². The molecule has 0 aliphatic carbocycles. The molecular formula is C9H13N3O. The van der Waals surface area contributed by atoms with Crippen LogP contribution in [0.3, 0.4) is 0 Å². The van der Waals surface area contributed by atoms with Crippen molar-refractivity contribution in [3.05, 3.63) is 17.8 Å². The topological polar surface area (TPSA) is 54.9 Å². The highest BCUT2D eigenvalue weighted by Gasteiger charge is 1.96. The van der Waals surface area contributed by atoms with Crippen molar-refractivity contribution in [3.8, 4) is 0 Å². The molecule has 0 spiro atoms. The highest BCUT2D eigenvalue weighted by Crippen LogP contribution is 2.01. The summed E-state index contributed by atoms with van der Waals surface area (Å²) in [4.78, 5) is 10.6. The molecule has 1 aromatic heterocycles. The molecule has 0 saturated carbocycles. The fraction of sp³-hybridized carbons (Fsp3) is 0.444. The number of nitrogens with zero attached hydrogens (tertiary/aromatic N) is 2. The quantitative estimate of drug-likeness (QED) is 0.750. The molecule has 0 fully saturated rings. The van der Waals surface area contributed by atoms with Crippen LogP contribution in [0.25, 0.3) is 0 Å². The molecule has 0 unspecified atom stereocenters. The minimum atomic E-state index is 0.0846. The number of aryl methyl sites for hydroxylation is 1. The Morgan fingerprint density at radius 3 is 2.69 bits per heavy atom. The van der Waals surface area contributed by atoms with E-state index in [1.54, 1.807) is 0 Å². The van der Waals surface area contributed by atoms with E-state index in [2.05, 4.69) is 15.5 Å². The number of carbonyl (C=O) groups excluding carboxylic acids is 1. The zero-order chi connectivity index (χ0) is 9.68. The maximum absolute atomic E-state index is 10.6. The summed E-state index contributed by atoms with van der Waals surface area (Å²) in [6.07, 6.45) is 0.875. The number of anilines is 1. The van der Waals surface area contributed by atoms with Crippen LogP contribution in [0.4, 0.5) is 5.82 Å². The van der Waals surface area contributed by atoms with Gasteiger partial charge in [0.2, 0.25) is 0 Å². The second-order valence-electron chi connectivity index (χ2n) is 2.82. The largest absolute Gasteiger partial charge is 0.362 e. The van der Waals surface area contributed by atoms with Crippen LogP contribution >= 0.6 is 0 Å². The van der Waals surface area contributed by atoms with Crippen molar-refractivity contribution >= 4 is 11.6 Å². The Bertz CT molecular complexity index is 281. The molecule has 4 heteroatoms. The molecule has 0 atom stereocenters. The van der Waals surface area contributed by atoms with Crippen LogP contribution in [0.2, 0.25) is 0 Å². The van der Waals surface area contributed by atoms with Crippen molar-refractivity contribution in [1.29, 1.82) is 0 Å². The van der Waals surface area contributed by atoms with Crippen LogP contribution in [0, 0.1) is 0 Å². The number of hydrogen-bond acceptors (Lipinski definition) is 4. The van der Waals surface area contributed by atoms with Gasteiger partial charge in [-0.25, -0.2) is 0 Å². The van der Waals surface area contributed by atoms with Crippen LogP contribution < -0.4 is 5.32 Å². The zero-order valence-electron chi connectivity index (χ0n) is 7.87. The first-order valence-corrected chi connectivity index (χ1v) is 4.28. The number of ketones is 1. The van der Waals surface area contributed by atoms with E-state index in [1.807, 2.05) is 19.1 Å². The predicted molar refractivity (Wildman–Crippen MR) is 50.6 cm³/mol. The fourth-order valence-electron chi connectivity index (χ4n) is 0.858. The van der Waals surface area contributed by atoms with Gasteiger partial charge in [-0.3, -0.25) is 4.79 Å².